The number of hydrogen-bond acceptors (Lipinski definition) is 2. The number of rotatable bonds is 1. The molecule has 0 aromatic heterocycles. The fourth-order valence-electron chi connectivity index (χ4n) is 1.72. The lowest BCUT2D eigenvalue weighted by Crippen LogP contribution is -2.41. The molecule has 1 aliphatic rings. The van der Waals surface area contributed by atoms with Crippen LogP contribution in [-0.2, 0) is 9.31 Å². The van der Waals surface area contributed by atoms with E-state index >= 15 is 4.39 Å². The van der Waals surface area contributed by atoms with Crippen LogP contribution in [0.2, 0.25) is 0 Å². The maximum atomic E-state index is 15.0. The van der Waals surface area contributed by atoms with E-state index in [1.54, 1.807) is 0 Å². The van der Waals surface area contributed by atoms with Crippen LogP contribution in [-0.4, -0.2) is 18.3 Å². The summed E-state index contributed by atoms with van der Waals surface area (Å²) in [6.45, 7) is 19.4. The Hall–Kier alpha value is -1.23. The third kappa shape index (κ3) is 5.69. The molecule has 0 aromatic carbocycles. The average molecular weight is 332 g/mol. The molecule has 4 heteroatoms. The van der Waals surface area contributed by atoms with Crippen molar-refractivity contribution in [2.45, 2.75) is 80.4 Å². The van der Waals surface area contributed by atoms with Gasteiger partial charge in [-0.2, -0.15) is 0 Å². The second-order valence-electron chi connectivity index (χ2n) is 9.31. The Morgan fingerprint density at radius 3 is 1.42 bits per heavy atom. The van der Waals surface area contributed by atoms with Crippen molar-refractivity contribution in [2.24, 2.45) is 10.8 Å². The van der Waals surface area contributed by atoms with Crippen molar-refractivity contribution < 1.29 is 13.7 Å². The van der Waals surface area contributed by atoms with Gasteiger partial charge in [-0.1, -0.05) is 23.7 Å². The quantitative estimate of drug-likeness (QED) is 0.500. The maximum Gasteiger partial charge on any atom is 0.527 e. The molecule has 1 heterocycles. The monoisotopic (exact) mass is 332 g/mol. The molecule has 0 bridgehead atoms. The summed E-state index contributed by atoms with van der Waals surface area (Å²) in [5.41, 5.74) is -2.11. The second-order valence-corrected chi connectivity index (χ2v) is 9.31. The predicted octanol–water partition coefficient (Wildman–Crippen LogP) is 4.94. The first-order chi connectivity index (χ1) is 10.5. The van der Waals surface area contributed by atoms with E-state index in [0.717, 1.165) is 0 Å². The van der Waals surface area contributed by atoms with Gasteiger partial charge < -0.3 is 9.31 Å². The molecule has 0 saturated carbocycles. The molecule has 0 atom stereocenters. The summed E-state index contributed by atoms with van der Waals surface area (Å²) in [6.07, 6.45) is 0. The standard InChI is InChI=1S/C20H30BFO2/c1-17(2,3)13-11-15(12-14-18(4,5)6)16(22)21-23-19(7,8)20(9,10)24-21/h1-10H3. The van der Waals surface area contributed by atoms with E-state index in [9.17, 15) is 0 Å². The minimum Gasteiger partial charge on any atom is -0.398 e. The van der Waals surface area contributed by atoms with Gasteiger partial charge in [-0.25, -0.2) is 4.39 Å². The van der Waals surface area contributed by atoms with Crippen molar-refractivity contribution in [3.8, 4) is 23.7 Å². The third-order valence-electron chi connectivity index (χ3n) is 3.82. The Kier molecular flexibility index (Phi) is 5.71. The lowest BCUT2D eigenvalue weighted by Gasteiger charge is -2.32. The van der Waals surface area contributed by atoms with Gasteiger partial charge >= 0.3 is 7.12 Å². The molecule has 0 amide bonds. The van der Waals surface area contributed by atoms with Crippen molar-refractivity contribution >= 4 is 7.12 Å². The summed E-state index contributed by atoms with van der Waals surface area (Å²) in [6, 6.07) is 0. The van der Waals surface area contributed by atoms with Gasteiger partial charge in [0.1, 0.15) is 5.57 Å². The van der Waals surface area contributed by atoms with E-state index in [1.165, 1.54) is 0 Å². The van der Waals surface area contributed by atoms with Crippen LogP contribution in [0.3, 0.4) is 0 Å². The fourth-order valence-corrected chi connectivity index (χ4v) is 1.72. The molecule has 0 aliphatic carbocycles. The Morgan fingerprint density at radius 2 is 1.12 bits per heavy atom. The van der Waals surface area contributed by atoms with Crippen LogP contribution in [0.25, 0.3) is 0 Å². The van der Waals surface area contributed by atoms with Crippen LogP contribution in [0.1, 0.15) is 69.2 Å². The lowest BCUT2D eigenvalue weighted by atomic mass is 9.84. The topological polar surface area (TPSA) is 18.5 Å². The largest absolute Gasteiger partial charge is 0.527 e. The van der Waals surface area contributed by atoms with Crippen LogP contribution in [0.5, 0.6) is 0 Å². The minimum absolute atomic E-state index is 0.137. The van der Waals surface area contributed by atoms with Crippen LogP contribution < -0.4 is 0 Å². The highest BCUT2D eigenvalue weighted by Gasteiger charge is 2.53. The van der Waals surface area contributed by atoms with Gasteiger partial charge in [-0.05, 0) is 69.2 Å². The van der Waals surface area contributed by atoms with Crippen LogP contribution in [0.4, 0.5) is 4.39 Å². The molecule has 2 nitrogen and oxygen atoms in total. The summed E-state index contributed by atoms with van der Waals surface area (Å²) in [7, 11) is -1.08. The van der Waals surface area contributed by atoms with Gasteiger partial charge in [0.15, 0.2) is 5.73 Å². The van der Waals surface area contributed by atoms with E-state index < -0.39 is 24.0 Å². The SMILES string of the molecule is CC(C)(C)C#CC(C#CC(C)(C)C)=C(F)B1OC(C)(C)C(C)(C)O1. The summed E-state index contributed by atoms with van der Waals surface area (Å²) in [5, 5.41) is 0. The molecule has 1 fully saturated rings. The van der Waals surface area contributed by atoms with Crippen molar-refractivity contribution in [2.75, 3.05) is 0 Å². The fraction of sp³-hybridized carbons (Fsp3) is 0.700. The third-order valence-corrected chi connectivity index (χ3v) is 3.82. The predicted molar refractivity (Wildman–Crippen MR) is 98.7 cm³/mol. The zero-order valence-corrected chi connectivity index (χ0v) is 16.8. The van der Waals surface area contributed by atoms with Crippen molar-refractivity contribution in [1.82, 2.24) is 0 Å². The van der Waals surface area contributed by atoms with Crippen molar-refractivity contribution in [1.29, 1.82) is 0 Å². The first kappa shape index (κ1) is 20.8. The van der Waals surface area contributed by atoms with Gasteiger partial charge in [-0.15, -0.1) is 0 Å². The van der Waals surface area contributed by atoms with Crippen LogP contribution >= 0.6 is 0 Å². The molecule has 0 N–H and O–H groups in total. The highest BCUT2D eigenvalue weighted by Crippen LogP contribution is 2.39. The molecular formula is C20H30BFO2. The summed E-state index contributed by atoms with van der Waals surface area (Å²) in [5.74, 6) is 11.9. The molecule has 24 heavy (non-hydrogen) atoms. The second kappa shape index (κ2) is 6.59. The molecule has 0 radical (unpaired) electrons. The Morgan fingerprint density at radius 1 is 0.792 bits per heavy atom. The van der Waals surface area contributed by atoms with Crippen LogP contribution in [0.15, 0.2) is 11.3 Å². The number of allylic oxidation sites excluding steroid dienone is 1. The van der Waals surface area contributed by atoms with Gasteiger partial charge in [0.05, 0.1) is 11.2 Å². The molecule has 1 aliphatic heterocycles. The van der Waals surface area contributed by atoms with E-state index in [1.807, 2.05) is 69.2 Å². The first-order valence-electron chi connectivity index (χ1n) is 8.36. The zero-order valence-electron chi connectivity index (χ0n) is 16.8. The molecule has 132 valence electrons. The number of halogens is 1. The molecule has 1 saturated heterocycles. The molecular weight excluding hydrogens is 302 g/mol. The van der Waals surface area contributed by atoms with Gasteiger partial charge in [0.25, 0.3) is 0 Å². The van der Waals surface area contributed by atoms with Crippen molar-refractivity contribution in [3.05, 3.63) is 11.3 Å². The smallest absolute Gasteiger partial charge is 0.398 e. The molecule has 0 unspecified atom stereocenters. The Labute approximate surface area is 147 Å². The van der Waals surface area contributed by atoms with Gasteiger partial charge in [0, 0.05) is 10.8 Å². The molecule has 0 aromatic rings. The summed E-state index contributed by atoms with van der Waals surface area (Å²) < 4.78 is 26.6. The molecule has 0 spiro atoms. The van der Waals surface area contributed by atoms with E-state index in [2.05, 4.69) is 23.7 Å². The zero-order chi connectivity index (χ0) is 19.0. The summed E-state index contributed by atoms with van der Waals surface area (Å²) in [4.78, 5) is 0. The Bertz CT molecular complexity index is 588. The van der Waals surface area contributed by atoms with Gasteiger partial charge in [-0.3, -0.25) is 0 Å². The maximum absolute atomic E-state index is 15.0. The first-order valence-corrected chi connectivity index (χ1v) is 8.36. The van der Waals surface area contributed by atoms with Crippen LogP contribution in [0, 0.1) is 34.5 Å². The van der Waals surface area contributed by atoms with E-state index in [0.29, 0.717) is 0 Å². The van der Waals surface area contributed by atoms with E-state index in [4.69, 9.17) is 9.31 Å². The summed E-state index contributed by atoms with van der Waals surface area (Å²) >= 11 is 0. The minimum atomic E-state index is -1.08. The van der Waals surface area contributed by atoms with E-state index in [-0.39, 0.29) is 16.4 Å². The highest BCUT2D eigenvalue weighted by atomic mass is 19.1. The average Bonchev–Trinajstić information content (AvgIpc) is 2.55. The highest BCUT2D eigenvalue weighted by molar-refractivity contribution is 6.54. The normalized spacial score (nSPS) is 19.0. The van der Waals surface area contributed by atoms with Gasteiger partial charge in [0.2, 0.25) is 0 Å². The van der Waals surface area contributed by atoms with Crippen molar-refractivity contribution in [3.63, 3.8) is 0 Å². The Balaban J connectivity index is 3.32. The number of hydrogen-bond donors (Lipinski definition) is 0. The molecule has 1 rings (SSSR count). The lowest BCUT2D eigenvalue weighted by molar-refractivity contribution is 0.00578.